The molecule has 138 valence electrons. The van der Waals surface area contributed by atoms with Crippen LogP contribution in [0.3, 0.4) is 0 Å². The van der Waals surface area contributed by atoms with Crippen LogP contribution in [0, 0.1) is 5.41 Å². The normalized spacial score (nSPS) is 21.0. The highest BCUT2D eigenvalue weighted by molar-refractivity contribution is 5.27. The molecule has 2 rings (SSSR count). The Kier molecular flexibility index (Phi) is 7.65. The summed E-state index contributed by atoms with van der Waals surface area (Å²) in [6.45, 7) is 4.56. The maximum Gasteiger partial charge on any atom is 0.118 e. The SMILES string of the molecule is COc1ccc(CNCC(C)NCC2(CO)C=CC=C(CO)C2)cc1. The minimum atomic E-state index is -0.322. The molecule has 2 unspecified atom stereocenters. The average molecular weight is 346 g/mol. The van der Waals surface area contributed by atoms with Gasteiger partial charge >= 0.3 is 0 Å². The largest absolute Gasteiger partial charge is 0.497 e. The zero-order chi connectivity index (χ0) is 18.1. The smallest absolute Gasteiger partial charge is 0.118 e. The second-order valence-corrected chi connectivity index (χ2v) is 6.80. The molecule has 2 atom stereocenters. The van der Waals surface area contributed by atoms with E-state index in [9.17, 15) is 10.2 Å². The predicted molar refractivity (Wildman–Crippen MR) is 101 cm³/mol. The van der Waals surface area contributed by atoms with E-state index in [4.69, 9.17) is 4.74 Å². The minimum Gasteiger partial charge on any atom is -0.497 e. The maximum atomic E-state index is 9.81. The van der Waals surface area contributed by atoms with E-state index in [1.807, 2.05) is 30.4 Å². The number of nitrogens with one attached hydrogen (secondary N) is 2. The van der Waals surface area contributed by atoms with E-state index in [2.05, 4.69) is 29.7 Å². The van der Waals surface area contributed by atoms with Crippen LogP contribution in [0.1, 0.15) is 18.9 Å². The van der Waals surface area contributed by atoms with Crippen molar-refractivity contribution in [3.05, 3.63) is 53.6 Å². The summed E-state index contributed by atoms with van der Waals surface area (Å²) in [7, 11) is 1.67. The number of aliphatic hydroxyl groups excluding tert-OH is 2. The number of benzene rings is 1. The fourth-order valence-corrected chi connectivity index (χ4v) is 2.98. The van der Waals surface area contributed by atoms with Gasteiger partial charge in [-0.15, -0.1) is 0 Å². The van der Waals surface area contributed by atoms with E-state index in [0.29, 0.717) is 13.0 Å². The van der Waals surface area contributed by atoms with Gasteiger partial charge in [-0.05, 0) is 36.6 Å². The van der Waals surface area contributed by atoms with Gasteiger partial charge in [0, 0.05) is 31.1 Å². The van der Waals surface area contributed by atoms with Gasteiger partial charge in [-0.25, -0.2) is 0 Å². The number of hydrogen-bond acceptors (Lipinski definition) is 5. The third-order valence-corrected chi connectivity index (χ3v) is 4.62. The summed E-state index contributed by atoms with van der Waals surface area (Å²) in [6, 6.07) is 8.32. The molecule has 0 amide bonds. The molecule has 0 saturated carbocycles. The van der Waals surface area contributed by atoms with E-state index in [1.165, 1.54) is 5.56 Å². The summed E-state index contributed by atoms with van der Waals surface area (Å²) >= 11 is 0. The molecule has 4 N–H and O–H groups in total. The van der Waals surface area contributed by atoms with Crippen molar-refractivity contribution in [2.45, 2.75) is 25.9 Å². The van der Waals surface area contributed by atoms with Crippen LogP contribution in [0.2, 0.25) is 0 Å². The molecule has 0 aromatic heterocycles. The Balaban J connectivity index is 1.73. The quantitative estimate of drug-likeness (QED) is 0.518. The Morgan fingerprint density at radius 1 is 1.24 bits per heavy atom. The van der Waals surface area contributed by atoms with E-state index >= 15 is 0 Å². The molecule has 5 heteroatoms. The molecule has 25 heavy (non-hydrogen) atoms. The highest BCUT2D eigenvalue weighted by atomic mass is 16.5. The van der Waals surface area contributed by atoms with Gasteiger partial charge in [-0.3, -0.25) is 0 Å². The van der Waals surface area contributed by atoms with Crippen LogP contribution in [-0.4, -0.2) is 49.7 Å². The maximum absolute atomic E-state index is 9.81. The van der Waals surface area contributed by atoms with Crippen LogP contribution >= 0.6 is 0 Å². The van der Waals surface area contributed by atoms with E-state index in [0.717, 1.165) is 24.4 Å². The number of allylic oxidation sites excluding steroid dienone is 2. The monoisotopic (exact) mass is 346 g/mol. The Bertz CT molecular complexity index is 583. The fraction of sp³-hybridized carbons (Fsp3) is 0.500. The number of methoxy groups -OCH3 is 1. The third kappa shape index (κ3) is 5.97. The molecule has 0 fully saturated rings. The number of ether oxygens (including phenoxy) is 1. The summed E-state index contributed by atoms with van der Waals surface area (Å²) in [5, 5.41) is 26.1. The molecule has 0 saturated heterocycles. The van der Waals surface area contributed by atoms with Gasteiger partial charge in [0.15, 0.2) is 0 Å². The van der Waals surface area contributed by atoms with Crippen LogP contribution in [0.15, 0.2) is 48.1 Å². The van der Waals surface area contributed by atoms with Crippen LogP contribution < -0.4 is 15.4 Å². The molecule has 0 heterocycles. The molecule has 0 bridgehead atoms. The summed E-state index contributed by atoms with van der Waals surface area (Å²) in [6.07, 6.45) is 6.58. The van der Waals surface area contributed by atoms with Crippen LogP contribution in [0.4, 0.5) is 0 Å². The Morgan fingerprint density at radius 2 is 2.00 bits per heavy atom. The van der Waals surface area contributed by atoms with Crippen molar-refractivity contribution >= 4 is 0 Å². The van der Waals surface area contributed by atoms with E-state index in [1.54, 1.807) is 7.11 Å². The molecule has 0 aliphatic heterocycles. The van der Waals surface area contributed by atoms with Gasteiger partial charge in [0.1, 0.15) is 5.75 Å². The molecular weight excluding hydrogens is 316 g/mol. The zero-order valence-corrected chi connectivity index (χ0v) is 15.2. The summed E-state index contributed by atoms with van der Waals surface area (Å²) < 4.78 is 5.16. The third-order valence-electron chi connectivity index (χ3n) is 4.62. The first-order valence-electron chi connectivity index (χ1n) is 8.77. The predicted octanol–water partition coefficient (Wildman–Crippen LogP) is 1.62. The lowest BCUT2D eigenvalue weighted by Gasteiger charge is -2.33. The zero-order valence-electron chi connectivity index (χ0n) is 15.2. The molecule has 5 nitrogen and oxygen atoms in total. The number of rotatable bonds is 10. The van der Waals surface area contributed by atoms with Crippen LogP contribution in [0.5, 0.6) is 5.75 Å². The molecule has 1 aromatic rings. The first-order valence-corrected chi connectivity index (χ1v) is 8.77. The summed E-state index contributed by atoms with van der Waals surface area (Å²) in [5.74, 6) is 0.866. The van der Waals surface area contributed by atoms with Gasteiger partial charge in [0.2, 0.25) is 0 Å². The highest BCUT2D eigenvalue weighted by Crippen LogP contribution is 2.30. The van der Waals surface area contributed by atoms with Crippen molar-refractivity contribution in [1.29, 1.82) is 0 Å². The average Bonchev–Trinajstić information content (AvgIpc) is 2.67. The Hall–Kier alpha value is -1.66. The summed E-state index contributed by atoms with van der Waals surface area (Å²) in [5.41, 5.74) is 1.85. The van der Waals surface area contributed by atoms with Crippen molar-refractivity contribution in [1.82, 2.24) is 10.6 Å². The Labute approximate surface area is 150 Å². The molecule has 1 aliphatic carbocycles. The van der Waals surface area contributed by atoms with Crippen molar-refractivity contribution < 1.29 is 14.9 Å². The van der Waals surface area contributed by atoms with Crippen molar-refractivity contribution in [2.24, 2.45) is 5.41 Å². The first-order chi connectivity index (χ1) is 12.1. The van der Waals surface area contributed by atoms with E-state index < -0.39 is 0 Å². The van der Waals surface area contributed by atoms with Crippen LogP contribution in [0.25, 0.3) is 0 Å². The topological polar surface area (TPSA) is 73.8 Å². The lowest BCUT2D eigenvalue weighted by Crippen LogP contribution is -2.44. The Morgan fingerprint density at radius 3 is 2.64 bits per heavy atom. The number of hydrogen-bond donors (Lipinski definition) is 4. The minimum absolute atomic E-state index is 0.0467. The van der Waals surface area contributed by atoms with Gasteiger partial charge in [0.05, 0.1) is 20.3 Å². The van der Waals surface area contributed by atoms with Gasteiger partial charge < -0.3 is 25.6 Å². The summed E-state index contributed by atoms with van der Waals surface area (Å²) in [4.78, 5) is 0. The van der Waals surface area contributed by atoms with E-state index in [-0.39, 0.29) is 24.7 Å². The second-order valence-electron chi connectivity index (χ2n) is 6.80. The van der Waals surface area contributed by atoms with Crippen molar-refractivity contribution in [3.8, 4) is 5.75 Å². The molecule has 1 aromatic carbocycles. The molecule has 1 aliphatic rings. The van der Waals surface area contributed by atoms with Gasteiger partial charge in [-0.1, -0.05) is 30.4 Å². The van der Waals surface area contributed by atoms with Crippen molar-refractivity contribution in [3.63, 3.8) is 0 Å². The first kappa shape index (κ1) is 19.7. The lowest BCUT2D eigenvalue weighted by atomic mass is 9.79. The lowest BCUT2D eigenvalue weighted by molar-refractivity contribution is 0.155. The molecule has 0 radical (unpaired) electrons. The second kappa shape index (κ2) is 9.73. The fourth-order valence-electron chi connectivity index (χ4n) is 2.98. The van der Waals surface area contributed by atoms with Gasteiger partial charge in [0.25, 0.3) is 0 Å². The standard InChI is InChI=1S/C20H30N2O3/c1-16(11-21-12-17-5-7-19(25-2)8-6-17)22-14-20(15-24)9-3-4-18(10-20)13-23/h3-9,16,21-24H,10-15H2,1-2H3. The van der Waals surface area contributed by atoms with Gasteiger partial charge in [-0.2, -0.15) is 0 Å². The molecule has 0 spiro atoms. The van der Waals surface area contributed by atoms with Crippen LogP contribution in [-0.2, 0) is 6.54 Å². The number of aliphatic hydroxyl groups is 2. The highest BCUT2D eigenvalue weighted by Gasteiger charge is 2.29. The molecular formula is C20H30N2O3. The van der Waals surface area contributed by atoms with Crippen molar-refractivity contribution in [2.75, 3.05) is 33.4 Å².